The average Bonchev–Trinajstić information content (AvgIpc) is 3.22. The molecule has 0 aliphatic heterocycles. The lowest BCUT2D eigenvalue weighted by Crippen LogP contribution is -2.20. The molecule has 1 unspecified atom stereocenters. The number of hydrogen-bond acceptors (Lipinski definition) is 5. The van der Waals surface area contributed by atoms with Crippen molar-refractivity contribution in [3.8, 4) is 16.9 Å². The van der Waals surface area contributed by atoms with E-state index in [1.807, 2.05) is 37.2 Å². The topological polar surface area (TPSA) is 80.0 Å². The van der Waals surface area contributed by atoms with Crippen molar-refractivity contribution in [2.75, 3.05) is 27.2 Å². The number of carboxylic acids is 1. The summed E-state index contributed by atoms with van der Waals surface area (Å²) < 4.78 is 23.9. The van der Waals surface area contributed by atoms with E-state index in [0.717, 1.165) is 5.56 Å². The summed E-state index contributed by atoms with van der Waals surface area (Å²) in [4.78, 5) is 14.8. The third-order valence-corrected chi connectivity index (χ3v) is 5.74. The fraction of sp³-hybridized carbons (Fsp3) is 0.227. The number of likely N-dealkylation sites (N-methyl/N-ethyl adjacent to an activating group) is 1. The van der Waals surface area contributed by atoms with Gasteiger partial charge in [0.25, 0.3) is 0 Å². The van der Waals surface area contributed by atoms with E-state index < -0.39 is 16.8 Å². The van der Waals surface area contributed by atoms with Gasteiger partial charge in [-0.05, 0) is 37.9 Å². The monoisotopic (exact) mass is 413 g/mol. The van der Waals surface area contributed by atoms with E-state index in [1.54, 1.807) is 36.6 Å². The van der Waals surface area contributed by atoms with E-state index >= 15 is 0 Å². The van der Waals surface area contributed by atoms with E-state index in [2.05, 4.69) is 0 Å². The number of benzene rings is 2. The van der Waals surface area contributed by atoms with Crippen LogP contribution in [-0.4, -0.2) is 47.4 Å². The second kappa shape index (κ2) is 9.54. The van der Waals surface area contributed by atoms with Gasteiger partial charge in [-0.25, -0.2) is 4.79 Å². The van der Waals surface area contributed by atoms with E-state index in [-0.39, 0.29) is 17.1 Å². The molecule has 0 aliphatic carbocycles. The zero-order valence-corrected chi connectivity index (χ0v) is 17.1. The number of carboxylic acid groups (broad SMARTS) is 1. The molecule has 6 nitrogen and oxygen atoms in total. The Balaban J connectivity index is 2.02. The van der Waals surface area contributed by atoms with Crippen LogP contribution in [0.4, 0.5) is 0 Å². The van der Waals surface area contributed by atoms with Crippen LogP contribution < -0.4 is 4.74 Å². The van der Waals surface area contributed by atoms with Crippen molar-refractivity contribution in [3.05, 3.63) is 72.2 Å². The first-order valence-electron chi connectivity index (χ1n) is 9.10. The molecule has 1 heterocycles. The van der Waals surface area contributed by atoms with Crippen LogP contribution in [-0.2, 0) is 16.6 Å². The Morgan fingerprint density at radius 1 is 1.14 bits per heavy atom. The largest absolute Gasteiger partial charge is 0.491 e. The van der Waals surface area contributed by atoms with Gasteiger partial charge >= 0.3 is 5.97 Å². The predicted molar refractivity (Wildman–Crippen MR) is 112 cm³/mol. The summed E-state index contributed by atoms with van der Waals surface area (Å²) in [6, 6.07) is 14.2. The molecule has 0 saturated heterocycles. The quantitative estimate of drug-likeness (QED) is 0.573. The maximum Gasteiger partial charge on any atom is 0.339 e. The first-order chi connectivity index (χ1) is 14.0. The number of rotatable bonds is 9. The Hall–Kier alpha value is -2.90. The molecule has 0 fully saturated rings. The minimum atomic E-state index is -1.37. The molecule has 2 aromatic carbocycles. The summed E-state index contributed by atoms with van der Waals surface area (Å²) in [5, 5.41) is 9.95. The number of furan rings is 1. The van der Waals surface area contributed by atoms with Gasteiger partial charge in [0.1, 0.15) is 17.9 Å². The molecule has 7 heteroatoms. The second-order valence-electron chi connectivity index (χ2n) is 6.75. The summed E-state index contributed by atoms with van der Waals surface area (Å²) in [6.45, 7) is 0.952. The average molecular weight is 413 g/mol. The normalized spacial score (nSPS) is 12.1. The fourth-order valence-electron chi connectivity index (χ4n) is 2.90. The van der Waals surface area contributed by atoms with Gasteiger partial charge in [-0.1, -0.05) is 30.3 Å². The minimum Gasteiger partial charge on any atom is -0.491 e. The molecule has 152 valence electrons. The van der Waals surface area contributed by atoms with Crippen molar-refractivity contribution >= 4 is 16.8 Å². The van der Waals surface area contributed by atoms with Crippen molar-refractivity contribution in [3.63, 3.8) is 0 Å². The van der Waals surface area contributed by atoms with Gasteiger partial charge in [-0.3, -0.25) is 4.21 Å². The molecule has 3 rings (SSSR count). The Morgan fingerprint density at radius 2 is 1.90 bits per heavy atom. The third kappa shape index (κ3) is 5.13. The van der Waals surface area contributed by atoms with Crippen molar-refractivity contribution in [1.82, 2.24) is 4.90 Å². The summed E-state index contributed by atoms with van der Waals surface area (Å²) in [7, 11) is 2.46. The van der Waals surface area contributed by atoms with Crippen LogP contribution in [0, 0.1) is 0 Å². The van der Waals surface area contributed by atoms with Crippen molar-refractivity contribution in [2.24, 2.45) is 0 Å². The van der Waals surface area contributed by atoms with Gasteiger partial charge in [-0.2, -0.15) is 0 Å². The van der Waals surface area contributed by atoms with E-state index in [1.165, 1.54) is 6.26 Å². The summed E-state index contributed by atoms with van der Waals surface area (Å²) in [5.74, 6) is -0.764. The van der Waals surface area contributed by atoms with Gasteiger partial charge in [0.2, 0.25) is 0 Å². The molecule has 0 bridgehead atoms. The number of nitrogens with zero attached hydrogens (tertiary/aromatic N) is 1. The van der Waals surface area contributed by atoms with Gasteiger partial charge in [0.15, 0.2) is 0 Å². The highest BCUT2D eigenvalue weighted by molar-refractivity contribution is 7.84. The van der Waals surface area contributed by atoms with Gasteiger partial charge in [0, 0.05) is 22.6 Å². The Bertz CT molecular complexity index is 984. The predicted octanol–water partition coefficient (Wildman–Crippen LogP) is 3.89. The van der Waals surface area contributed by atoms with Crippen LogP contribution in [0.25, 0.3) is 11.1 Å². The molecule has 3 aromatic rings. The highest BCUT2D eigenvalue weighted by Crippen LogP contribution is 2.36. The lowest BCUT2D eigenvalue weighted by atomic mass is 9.99. The van der Waals surface area contributed by atoms with Gasteiger partial charge in [0.05, 0.1) is 29.1 Å². The van der Waals surface area contributed by atoms with Crippen LogP contribution >= 0.6 is 0 Å². The Morgan fingerprint density at radius 3 is 2.52 bits per heavy atom. The molecule has 0 amide bonds. The molecule has 1 atom stereocenters. The summed E-state index contributed by atoms with van der Waals surface area (Å²) in [6.07, 6.45) is 3.07. The van der Waals surface area contributed by atoms with E-state index in [9.17, 15) is 14.1 Å². The standard InChI is InChI=1S/C22H23NO5S/c1-23(2)11-13-28-21-19(16-10-12-27-14-16)9-8-17(20(21)22(24)25)15-29(26)18-6-4-3-5-7-18/h3-10,12,14H,11,13,15H2,1-2H3,(H,24,25). The van der Waals surface area contributed by atoms with Crippen LogP contribution in [0.1, 0.15) is 15.9 Å². The van der Waals surface area contributed by atoms with Crippen molar-refractivity contribution in [1.29, 1.82) is 0 Å². The van der Waals surface area contributed by atoms with E-state index in [0.29, 0.717) is 29.2 Å². The number of aromatic carboxylic acids is 1. The van der Waals surface area contributed by atoms with Crippen molar-refractivity contribution in [2.45, 2.75) is 10.6 Å². The maximum atomic E-state index is 12.8. The minimum absolute atomic E-state index is 0.0340. The molecule has 0 aliphatic rings. The first-order valence-corrected chi connectivity index (χ1v) is 10.4. The number of hydrogen-bond donors (Lipinski definition) is 1. The zero-order chi connectivity index (χ0) is 20.8. The molecule has 0 radical (unpaired) electrons. The molecule has 1 N–H and O–H groups in total. The van der Waals surface area contributed by atoms with Crippen LogP contribution in [0.5, 0.6) is 5.75 Å². The van der Waals surface area contributed by atoms with Gasteiger partial charge in [-0.15, -0.1) is 0 Å². The Labute approximate surface area is 172 Å². The third-order valence-electron chi connectivity index (χ3n) is 4.37. The second-order valence-corrected chi connectivity index (χ2v) is 8.20. The molecule has 29 heavy (non-hydrogen) atoms. The number of ether oxygens (including phenoxy) is 1. The maximum absolute atomic E-state index is 12.8. The molecular weight excluding hydrogens is 390 g/mol. The van der Waals surface area contributed by atoms with Gasteiger partial charge < -0.3 is 19.2 Å². The molecule has 0 saturated carbocycles. The van der Waals surface area contributed by atoms with Crippen molar-refractivity contribution < 1.29 is 23.3 Å². The van der Waals surface area contributed by atoms with E-state index in [4.69, 9.17) is 9.15 Å². The summed E-state index contributed by atoms with van der Waals surface area (Å²) in [5.41, 5.74) is 1.85. The summed E-state index contributed by atoms with van der Waals surface area (Å²) >= 11 is 0. The smallest absolute Gasteiger partial charge is 0.339 e. The Kier molecular flexibility index (Phi) is 6.85. The molecule has 1 aromatic heterocycles. The molecular formula is C22H23NO5S. The highest BCUT2D eigenvalue weighted by atomic mass is 32.2. The highest BCUT2D eigenvalue weighted by Gasteiger charge is 2.23. The van der Waals surface area contributed by atoms with Crippen LogP contribution in [0.2, 0.25) is 0 Å². The first kappa shape index (κ1) is 20.8. The lowest BCUT2D eigenvalue weighted by Gasteiger charge is -2.18. The van der Waals surface area contributed by atoms with Crippen LogP contribution in [0.3, 0.4) is 0 Å². The number of carbonyl (C=O) groups is 1. The molecule has 0 spiro atoms. The SMILES string of the molecule is CN(C)CCOc1c(-c2ccoc2)ccc(CS(=O)c2ccccc2)c1C(=O)O. The van der Waals surface area contributed by atoms with Crippen LogP contribution in [0.15, 0.2) is 70.4 Å². The zero-order valence-electron chi connectivity index (χ0n) is 16.3. The fourth-order valence-corrected chi connectivity index (χ4v) is 4.05. The lowest BCUT2D eigenvalue weighted by molar-refractivity contribution is 0.0691.